The minimum atomic E-state index is -0.399. The van der Waals surface area contributed by atoms with Gasteiger partial charge in [0.1, 0.15) is 6.54 Å². The van der Waals surface area contributed by atoms with Gasteiger partial charge in [0.2, 0.25) is 5.91 Å². The van der Waals surface area contributed by atoms with Gasteiger partial charge in [0, 0.05) is 12.6 Å². The van der Waals surface area contributed by atoms with Crippen LogP contribution in [0.1, 0.15) is 26.2 Å². The number of hydrogen-bond acceptors (Lipinski definition) is 4. The number of benzene rings is 1. The Morgan fingerprint density at radius 2 is 2.00 bits per heavy atom. The number of amides is 1. The first-order valence-corrected chi connectivity index (χ1v) is 7.54. The van der Waals surface area contributed by atoms with Crippen LogP contribution in [0.15, 0.2) is 35.1 Å². The lowest BCUT2D eigenvalue weighted by atomic mass is 10.0. The number of aromatic nitrogens is 4. The molecule has 0 bridgehead atoms. The second-order valence-corrected chi connectivity index (χ2v) is 5.60. The van der Waals surface area contributed by atoms with E-state index in [4.69, 9.17) is 0 Å². The molecule has 0 spiro atoms. The average molecular weight is 301 g/mol. The number of rotatable bonds is 3. The Morgan fingerprint density at radius 1 is 1.23 bits per heavy atom. The Hall–Kier alpha value is -2.44. The van der Waals surface area contributed by atoms with Crippen LogP contribution in [0, 0.1) is 0 Å². The van der Waals surface area contributed by atoms with Crippen molar-refractivity contribution in [2.75, 3.05) is 6.54 Å². The summed E-state index contributed by atoms with van der Waals surface area (Å²) in [5.41, 5.74) is 0.238. The molecule has 1 saturated heterocycles. The molecule has 2 aromatic rings. The van der Waals surface area contributed by atoms with Crippen LogP contribution in [0.4, 0.5) is 0 Å². The van der Waals surface area contributed by atoms with Gasteiger partial charge in [0.15, 0.2) is 0 Å². The maximum atomic E-state index is 12.4. The Balaban J connectivity index is 1.78. The van der Waals surface area contributed by atoms with Gasteiger partial charge < -0.3 is 4.90 Å². The van der Waals surface area contributed by atoms with Gasteiger partial charge in [-0.25, -0.2) is 4.79 Å². The standard InChI is InChI=1S/C15H19N5O2/c1-12-7-5-6-10-18(12)14(21)11-19-15(22)20(17-16-19)13-8-3-2-4-9-13/h2-4,8-9,12H,5-7,10-11H2,1H3/t12-/m1/s1. The van der Waals surface area contributed by atoms with Crippen molar-refractivity contribution >= 4 is 5.91 Å². The fraction of sp³-hybridized carbons (Fsp3) is 0.467. The quantitative estimate of drug-likeness (QED) is 0.841. The summed E-state index contributed by atoms with van der Waals surface area (Å²) >= 11 is 0. The van der Waals surface area contributed by atoms with Crippen LogP contribution >= 0.6 is 0 Å². The number of tetrazole rings is 1. The van der Waals surface area contributed by atoms with E-state index >= 15 is 0 Å². The molecule has 1 atom stereocenters. The highest BCUT2D eigenvalue weighted by Crippen LogP contribution is 2.16. The molecule has 0 radical (unpaired) electrons. The molecule has 1 aliphatic rings. The largest absolute Gasteiger partial charge is 0.368 e. The van der Waals surface area contributed by atoms with E-state index in [1.54, 1.807) is 12.1 Å². The fourth-order valence-electron chi connectivity index (χ4n) is 2.79. The van der Waals surface area contributed by atoms with Gasteiger partial charge in [-0.3, -0.25) is 4.79 Å². The summed E-state index contributed by atoms with van der Waals surface area (Å²) in [7, 11) is 0. The van der Waals surface area contributed by atoms with Gasteiger partial charge in [-0.05, 0) is 48.7 Å². The molecule has 2 heterocycles. The summed E-state index contributed by atoms with van der Waals surface area (Å²) in [5, 5.41) is 7.67. The van der Waals surface area contributed by atoms with Gasteiger partial charge in [0.25, 0.3) is 0 Å². The van der Waals surface area contributed by atoms with Gasteiger partial charge >= 0.3 is 5.69 Å². The lowest BCUT2D eigenvalue weighted by Gasteiger charge is -2.33. The molecule has 1 aromatic heterocycles. The fourth-order valence-corrected chi connectivity index (χ4v) is 2.79. The number of hydrogen-bond donors (Lipinski definition) is 0. The zero-order valence-corrected chi connectivity index (χ0v) is 12.6. The summed E-state index contributed by atoms with van der Waals surface area (Å²) in [6, 6.07) is 9.27. The molecule has 7 nitrogen and oxygen atoms in total. The SMILES string of the molecule is C[C@@H]1CCCCN1C(=O)Cn1nnn(-c2ccccc2)c1=O. The molecular formula is C15H19N5O2. The van der Waals surface area contributed by atoms with E-state index < -0.39 is 5.69 Å². The lowest BCUT2D eigenvalue weighted by Crippen LogP contribution is -2.44. The van der Waals surface area contributed by atoms with Crippen molar-refractivity contribution in [1.82, 2.24) is 24.7 Å². The molecule has 0 saturated carbocycles. The summed E-state index contributed by atoms with van der Waals surface area (Å²) < 4.78 is 2.32. The van der Waals surface area contributed by atoms with Crippen LogP contribution in [-0.2, 0) is 11.3 Å². The summed E-state index contributed by atoms with van der Waals surface area (Å²) in [6.07, 6.45) is 3.17. The van der Waals surface area contributed by atoms with Gasteiger partial charge in [0.05, 0.1) is 5.69 Å². The van der Waals surface area contributed by atoms with E-state index in [9.17, 15) is 9.59 Å². The molecule has 1 aromatic carbocycles. The highest BCUT2D eigenvalue weighted by Gasteiger charge is 2.24. The predicted octanol–water partition coefficient (Wildman–Crippen LogP) is 0.830. The van der Waals surface area contributed by atoms with Crippen LogP contribution in [0.2, 0.25) is 0 Å². The maximum absolute atomic E-state index is 12.4. The monoisotopic (exact) mass is 301 g/mol. The molecule has 0 unspecified atom stereocenters. The minimum absolute atomic E-state index is 0.0595. The van der Waals surface area contributed by atoms with Crippen LogP contribution in [0.5, 0.6) is 0 Å². The lowest BCUT2D eigenvalue weighted by molar-refractivity contribution is -0.135. The van der Waals surface area contributed by atoms with E-state index in [0.29, 0.717) is 5.69 Å². The van der Waals surface area contributed by atoms with Crippen LogP contribution in [-0.4, -0.2) is 43.2 Å². The number of nitrogens with zero attached hydrogens (tertiary/aromatic N) is 5. The van der Waals surface area contributed by atoms with E-state index in [-0.39, 0.29) is 18.5 Å². The molecule has 7 heteroatoms. The summed E-state index contributed by atoms with van der Waals surface area (Å²) in [6.45, 7) is 2.73. The van der Waals surface area contributed by atoms with Crippen molar-refractivity contribution in [2.45, 2.75) is 38.8 Å². The van der Waals surface area contributed by atoms with Crippen LogP contribution in [0.25, 0.3) is 5.69 Å². The van der Waals surface area contributed by atoms with Gasteiger partial charge in [-0.15, -0.1) is 0 Å². The first kappa shape index (κ1) is 14.5. The van der Waals surface area contributed by atoms with Crippen molar-refractivity contribution < 1.29 is 4.79 Å². The first-order chi connectivity index (χ1) is 10.7. The van der Waals surface area contributed by atoms with Crippen molar-refractivity contribution in [3.63, 3.8) is 0 Å². The van der Waals surface area contributed by atoms with E-state index in [2.05, 4.69) is 10.4 Å². The van der Waals surface area contributed by atoms with Gasteiger partial charge in [-0.2, -0.15) is 9.36 Å². The molecule has 0 N–H and O–H groups in total. The highest BCUT2D eigenvalue weighted by atomic mass is 16.2. The molecule has 1 amide bonds. The van der Waals surface area contributed by atoms with Crippen LogP contribution in [0.3, 0.4) is 0 Å². The number of carbonyl (C=O) groups excluding carboxylic acids is 1. The smallest absolute Gasteiger partial charge is 0.338 e. The Labute approximate surface area is 128 Å². The number of likely N-dealkylation sites (tertiary alicyclic amines) is 1. The molecule has 3 rings (SSSR count). The summed E-state index contributed by atoms with van der Waals surface area (Å²) in [5.74, 6) is -0.0746. The first-order valence-electron chi connectivity index (χ1n) is 7.54. The third kappa shape index (κ3) is 2.79. The second kappa shape index (κ2) is 6.13. The number of para-hydroxylation sites is 1. The zero-order chi connectivity index (χ0) is 15.5. The minimum Gasteiger partial charge on any atom is -0.338 e. The molecule has 1 aliphatic heterocycles. The van der Waals surface area contributed by atoms with Crippen molar-refractivity contribution in [2.24, 2.45) is 0 Å². The molecular weight excluding hydrogens is 282 g/mol. The molecule has 22 heavy (non-hydrogen) atoms. The predicted molar refractivity (Wildman–Crippen MR) is 80.6 cm³/mol. The van der Waals surface area contributed by atoms with E-state index in [0.717, 1.165) is 30.5 Å². The summed E-state index contributed by atoms with van der Waals surface area (Å²) in [4.78, 5) is 26.5. The van der Waals surface area contributed by atoms with E-state index in [1.807, 2.05) is 30.0 Å². The number of carbonyl (C=O) groups is 1. The Kier molecular flexibility index (Phi) is 4.04. The zero-order valence-electron chi connectivity index (χ0n) is 12.6. The highest BCUT2D eigenvalue weighted by molar-refractivity contribution is 5.76. The van der Waals surface area contributed by atoms with E-state index in [1.165, 1.54) is 4.68 Å². The maximum Gasteiger partial charge on any atom is 0.368 e. The average Bonchev–Trinajstić information content (AvgIpc) is 2.89. The van der Waals surface area contributed by atoms with Crippen molar-refractivity contribution in [3.05, 3.63) is 40.8 Å². The second-order valence-electron chi connectivity index (χ2n) is 5.60. The van der Waals surface area contributed by atoms with Crippen LogP contribution < -0.4 is 5.69 Å². The molecule has 0 aliphatic carbocycles. The molecule has 116 valence electrons. The Morgan fingerprint density at radius 3 is 2.73 bits per heavy atom. The molecule has 1 fully saturated rings. The third-order valence-corrected chi connectivity index (χ3v) is 4.05. The number of piperidine rings is 1. The third-order valence-electron chi connectivity index (χ3n) is 4.05. The topological polar surface area (TPSA) is 73.0 Å². The normalized spacial score (nSPS) is 18.4. The Bertz CT molecular complexity index is 706. The van der Waals surface area contributed by atoms with Crippen molar-refractivity contribution in [1.29, 1.82) is 0 Å². The van der Waals surface area contributed by atoms with Gasteiger partial charge in [-0.1, -0.05) is 18.2 Å². The van der Waals surface area contributed by atoms with Crippen molar-refractivity contribution in [3.8, 4) is 5.69 Å².